The maximum absolute atomic E-state index is 11.0. The Kier molecular flexibility index (Phi) is 2.99. The number of rotatable bonds is 4. The van der Waals surface area contributed by atoms with E-state index in [4.69, 9.17) is 5.14 Å². The van der Waals surface area contributed by atoms with Crippen LogP contribution in [0.15, 0.2) is 29.9 Å². The highest BCUT2D eigenvalue weighted by atomic mass is 32.2. The van der Waals surface area contributed by atoms with Crippen LogP contribution in [0, 0.1) is 0 Å². The van der Waals surface area contributed by atoms with E-state index in [0.717, 1.165) is 12.1 Å². The van der Waals surface area contributed by atoms with Gasteiger partial charge >= 0.3 is 0 Å². The first-order valence-electron chi connectivity index (χ1n) is 5.05. The van der Waals surface area contributed by atoms with Gasteiger partial charge in [0, 0.05) is 24.5 Å². The molecule has 0 aliphatic carbocycles. The van der Waals surface area contributed by atoms with Crippen molar-refractivity contribution in [3.05, 3.63) is 30.5 Å². The van der Waals surface area contributed by atoms with E-state index in [1.54, 1.807) is 15.4 Å². The third-order valence-electron chi connectivity index (χ3n) is 2.28. The Hall–Kier alpha value is -1.67. The van der Waals surface area contributed by atoms with Gasteiger partial charge in [0.25, 0.3) is 10.0 Å². The predicted octanol–water partition coefficient (Wildman–Crippen LogP) is -0.205. The van der Waals surface area contributed by atoms with Crippen LogP contribution in [0.5, 0.6) is 0 Å². The first kappa shape index (κ1) is 11.8. The van der Waals surface area contributed by atoms with Crippen LogP contribution in [0.4, 0.5) is 0 Å². The van der Waals surface area contributed by atoms with Crippen molar-refractivity contribution >= 4 is 10.0 Å². The van der Waals surface area contributed by atoms with E-state index in [9.17, 15) is 8.42 Å². The molecule has 0 saturated heterocycles. The average molecular weight is 255 g/mol. The minimum atomic E-state index is -3.73. The molecule has 2 rings (SSSR count). The molecule has 17 heavy (non-hydrogen) atoms. The van der Waals surface area contributed by atoms with E-state index in [-0.39, 0.29) is 5.03 Å². The lowest BCUT2D eigenvalue weighted by Crippen LogP contribution is -2.12. The summed E-state index contributed by atoms with van der Waals surface area (Å²) in [5, 5.41) is 8.97. The average Bonchev–Trinajstić information content (AvgIpc) is 2.86. The van der Waals surface area contributed by atoms with E-state index in [2.05, 4.69) is 10.1 Å². The Bertz CT molecular complexity index is 613. The Morgan fingerprint density at radius 1 is 1.41 bits per heavy atom. The zero-order valence-electron chi connectivity index (χ0n) is 9.31. The third kappa shape index (κ3) is 2.71. The monoisotopic (exact) mass is 255 g/mol. The van der Waals surface area contributed by atoms with Crippen LogP contribution in [0.1, 0.15) is 12.5 Å². The molecule has 0 atom stereocenters. The highest BCUT2D eigenvalue weighted by molar-refractivity contribution is 7.89. The van der Waals surface area contributed by atoms with Crippen LogP contribution in [0.3, 0.4) is 0 Å². The molecule has 7 nitrogen and oxygen atoms in total. The van der Waals surface area contributed by atoms with Gasteiger partial charge in [0.2, 0.25) is 0 Å². The molecule has 0 aliphatic rings. The summed E-state index contributed by atoms with van der Waals surface area (Å²) in [7, 11) is -3.73. The molecule has 2 heterocycles. The van der Waals surface area contributed by atoms with E-state index in [0.29, 0.717) is 6.54 Å². The van der Waals surface area contributed by atoms with Crippen molar-refractivity contribution in [2.45, 2.75) is 25.0 Å². The summed E-state index contributed by atoms with van der Waals surface area (Å²) < 4.78 is 25.5. The number of aryl methyl sites for hydroxylation is 1. The molecular formula is C9H13N5O2S. The molecule has 0 unspecified atom stereocenters. The Morgan fingerprint density at radius 2 is 2.18 bits per heavy atom. The lowest BCUT2D eigenvalue weighted by atomic mass is 10.3. The summed E-state index contributed by atoms with van der Waals surface area (Å²) in [4.78, 5) is 3.73. The second kappa shape index (κ2) is 4.30. The fourth-order valence-electron chi connectivity index (χ4n) is 1.44. The highest BCUT2D eigenvalue weighted by Crippen LogP contribution is 2.06. The SMILES string of the molecule is CCn1cc(Cn2cnc(S(N)(=O)=O)c2)cn1. The van der Waals surface area contributed by atoms with Crippen molar-refractivity contribution in [2.75, 3.05) is 0 Å². The molecule has 8 heteroatoms. The van der Waals surface area contributed by atoms with Crippen LogP contribution in [0.2, 0.25) is 0 Å². The largest absolute Gasteiger partial charge is 0.331 e. The van der Waals surface area contributed by atoms with Crippen molar-refractivity contribution in [3.8, 4) is 0 Å². The van der Waals surface area contributed by atoms with Crippen LogP contribution < -0.4 is 5.14 Å². The molecule has 0 aliphatic heterocycles. The summed E-state index contributed by atoms with van der Waals surface area (Å²) in [6, 6.07) is 0. The number of aromatic nitrogens is 4. The first-order chi connectivity index (χ1) is 7.99. The summed E-state index contributed by atoms with van der Waals surface area (Å²) >= 11 is 0. The standard InChI is InChI=1S/C9H13N5O2S/c1-2-14-5-8(3-12-14)4-13-6-9(11-7-13)17(10,15)16/h3,5-7H,2,4H2,1H3,(H2,10,15,16). The van der Waals surface area contributed by atoms with Gasteiger partial charge in [0.1, 0.15) is 0 Å². The highest BCUT2D eigenvalue weighted by Gasteiger charge is 2.11. The van der Waals surface area contributed by atoms with Crippen LogP contribution in [-0.4, -0.2) is 27.7 Å². The van der Waals surface area contributed by atoms with E-state index < -0.39 is 10.0 Å². The van der Waals surface area contributed by atoms with Crippen LogP contribution in [0.25, 0.3) is 0 Å². The molecular weight excluding hydrogens is 242 g/mol. The Balaban J connectivity index is 2.17. The van der Waals surface area contributed by atoms with Gasteiger partial charge in [-0.05, 0) is 6.92 Å². The van der Waals surface area contributed by atoms with Gasteiger partial charge in [-0.25, -0.2) is 18.5 Å². The number of hydrogen-bond acceptors (Lipinski definition) is 4. The van der Waals surface area contributed by atoms with Crippen molar-refractivity contribution in [2.24, 2.45) is 5.14 Å². The Labute approximate surface area is 98.9 Å². The second-order valence-electron chi connectivity index (χ2n) is 3.63. The van der Waals surface area contributed by atoms with Gasteiger partial charge in [-0.3, -0.25) is 4.68 Å². The van der Waals surface area contributed by atoms with Gasteiger partial charge in [0.05, 0.1) is 19.1 Å². The van der Waals surface area contributed by atoms with Crippen molar-refractivity contribution in [1.82, 2.24) is 19.3 Å². The number of imidazole rings is 1. The topological polar surface area (TPSA) is 95.8 Å². The quantitative estimate of drug-likeness (QED) is 0.818. The number of nitrogens with zero attached hydrogens (tertiary/aromatic N) is 4. The lowest BCUT2D eigenvalue weighted by molar-refractivity contribution is 0.594. The summed E-state index contributed by atoms with van der Waals surface area (Å²) in [6.45, 7) is 3.31. The Morgan fingerprint density at radius 3 is 2.71 bits per heavy atom. The maximum Gasteiger partial charge on any atom is 0.257 e. The molecule has 0 fully saturated rings. The number of hydrogen-bond donors (Lipinski definition) is 1. The summed E-state index contributed by atoms with van der Waals surface area (Å²) in [5.74, 6) is 0. The number of primary sulfonamides is 1. The zero-order valence-corrected chi connectivity index (χ0v) is 10.1. The third-order valence-corrected chi connectivity index (χ3v) is 3.07. The minimum Gasteiger partial charge on any atom is -0.331 e. The molecule has 92 valence electrons. The van der Waals surface area contributed by atoms with Gasteiger partial charge < -0.3 is 4.57 Å². The van der Waals surface area contributed by atoms with Gasteiger partial charge in [-0.15, -0.1) is 0 Å². The molecule has 0 aromatic carbocycles. The molecule has 0 amide bonds. The van der Waals surface area contributed by atoms with E-state index in [1.807, 2.05) is 13.1 Å². The summed E-state index contributed by atoms with van der Waals surface area (Å²) in [6.07, 6.45) is 6.47. The molecule has 0 radical (unpaired) electrons. The first-order valence-corrected chi connectivity index (χ1v) is 6.59. The molecule has 0 spiro atoms. The fourth-order valence-corrected chi connectivity index (χ4v) is 1.92. The maximum atomic E-state index is 11.0. The predicted molar refractivity (Wildman–Crippen MR) is 60.6 cm³/mol. The normalized spacial score (nSPS) is 11.9. The van der Waals surface area contributed by atoms with Crippen molar-refractivity contribution < 1.29 is 8.42 Å². The van der Waals surface area contributed by atoms with Gasteiger partial charge in [-0.2, -0.15) is 5.10 Å². The van der Waals surface area contributed by atoms with Gasteiger partial charge in [-0.1, -0.05) is 0 Å². The molecule has 2 aromatic heterocycles. The van der Waals surface area contributed by atoms with Crippen LogP contribution >= 0.6 is 0 Å². The molecule has 2 N–H and O–H groups in total. The zero-order chi connectivity index (χ0) is 12.5. The number of sulfonamides is 1. The number of nitrogens with two attached hydrogens (primary N) is 1. The minimum absolute atomic E-state index is 0.125. The second-order valence-corrected chi connectivity index (χ2v) is 5.14. The van der Waals surface area contributed by atoms with Crippen molar-refractivity contribution in [1.29, 1.82) is 0 Å². The summed E-state index contributed by atoms with van der Waals surface area (Å²) in [5.41, 5.74) is 0.977. The van der Waals surface area contributed by atoms with Crippen molar-refractivity contribution in [3.63, 3.8) is 0 Å². The lowest BCUT2D eigenvalue weighted by Gasteiger charge is -1.97. The van der Waals surface area contributed by atoms with E-state index in [1.165, 1.54) is 12.5 Å². The van der Waals surface area contributed by atoms with E-state index >= 15 is 0 Å². The van der Waals surface area contributed by atoms with Crippen LogP contribution in [-0.2, 0) is 23.1 Å². The smallest absolute Gasteiger partial charge is 0.257 e. The molecule has 0 bridgehead atoms. The molecule has 2 aromatic rings. The molecule has 0 saturated carbocycles. The fraction of sp³-hybridized carbons (Fsp3) is 0.333. The van der Waals surface area contributed by atoms with Gasteiger partial charge in [0.15, 0.2) is 5.03 Å².